The zero-order valence-corrected chi connectivity index (χ0v) is 18.6. The zero-order valence-electron chi connectivity index (χ0n) is 17.0. The Balaban J connectivity index is 1.63. The van der Waals surface area contributed by atoms with Crippen LogP contribution in [0.25, 0.3) is 0 Å². The van der Waals surface area contributed by atoms with Crippen molar-refractivity contribution in [2.45, 2.75) is 25.2 Å². The van der Waals surface area contributed by atoms with Crippen LogP contribution in [0.3, 0.4) is 0 Å². The molecule has 2 heterocycles. The summed E-state index contributed by atoms with van der Waals surface area (Å²) < 4.78 is 45.2. The highest BCUT2D eigenvalue weighted by Crippen LogP contribution is 2.28. The van der Waals surface area contributed by atoms with E-state index in [9.17, 15) is 17.6 Å². The molecule has 0 saturated carbocycles. The third kappa shape index (κ3) is 5.54. The number of halogens is 1. The number of rotatable bonds is 4. The first-order chi connectivity index (χ1) is 14.6. The van der Waals surface area contributed by atoms with Crippen LogP contribution in [0.4, 0.5) is 4.39 Å². The standard InChI is InChI=1S/C20H23FN4O4S2/c1-12-7-13(2)10-25(9-12)31(27,28)16-8-17(30-11-16)19(26)24-20(23)29-18(22)14-3-5-15(21)6-4-14/h3-6,8,11-13,22H,7,9-10H2,1-2H3,(H2,23,24,26)/t12-,13+. The molecule has 166 valence electrons. The van der Waals surface area contributed by atoms with Crippen LogP contribution in [0.1, 0.15) is 35.5 Å². The molecule has 3 rings (SSSR count). The molecule has 0 spiro atoms. The molecule has 11 heteroatoms. The van der Waals surface area contributed by atoms with Crippen molar-refractivity contribution in [3.05, 3.63) is 52.0 Å². The third-order valence-corrected chi connectivity index (χ3v) is 7.70. The lowest BCUT2D eigenvalue weighted by Gasteiger charge is -2.33. The van der Waals surface area contributed by atoms with Gasteiger partial charge in [0, 0.05) is 24.0 Å². The van der Waals surface area contributed by atoms with Crippen LogP contribution < -0.4 is 5.32 Å². The molecule has 31 heavy (non-hydrogen) atoms. The fourth-order valence-corrected chi connectivity index (χ4v) is 6.31. The number of carbonyl (C=O) groups excluding carboxylic acids is 1. The topological polar surface area (TPSA) is 123 Å². The molecule has 8 nitrogen and oxygen atoms in total. The van der Waals surface area contributed by atoms with Crippen molar-refractivity contribution in [2.75, 3.05) is 13.1 Å². The highest BCUT2D eigenvalue weighted by molar-refractivity contribution is 7.89. The molecular weight excluding hydrogens is 443 g/mol. The predicted octanol–water partition coefficient (Wildman–Crippen LogP) is 3.26. The van der Waals surface area contributed by atoms with Gasteiger partial charge in [-0.15, -0.1) is 11.3 Å². The lowest BCUT2D eigenvalue weighted by molar-refractivity contribution is 0.0975. The van der Waals surface area contributed by atoms with Gasteiger partial charge in [0.2, 0.25) is 15.9 Å². The van der Waals surface area contributed by atoms with Gasteiger partial charge in [0.05, 0.1) is 9.77 Å². The quantitative estimate of drug-likeness (QED) is 0.473. The van der Waals surface area contributed by atoms with Gasteiger partial charge in [0.15, 0.2) is 0 Å². The molecule has 0 bridgehead atoms. The highest BCUT2D eigenvalue weighted by Gasteiger charge is 2.32. The van der Waals surface area contributed by atoms with E-state index < -0.39 is 33.7 Å². The maximum Gasteiger partial charge on any atom is 0.295 e. The number of ether oxygens (including phenoxy) is 1. The monoisotopic (exact) mass is 466 g/mol. The molecule has 1 aromatic heterocycles. The van der Waals surface area contributed by atoms with Crippen molar-refractivity contribution < 1.29 is 22.3 Å². The minimum atomic E-state index is -3.71. The Morgan fingerprint density at radius 1 is 1.19 bits per heavy atom. The van der Waals surface area contributed by atoms with Gasteiger partial charge in [-0.3, -0.25) is 20.9 Å². The van der Waals surface area contributed by atoms with Gasteiger partial charge >= 0.3 is 0 Å². The molecule has 1 aliphatic rings. The summed E-state index contributed by atoms with van der Waals surface area (Å²) in [6, 6.07) is 5.49. The second kappa shape index (κ2) is 9.25. The number of benzene rings is 1. The molecule has 0 radical (unpaired) electrons. The van der Waals surface area contributed by atoms with Gasteiger partial charge < -0.3 is 4.74 Å². The average Bonchev–Trinajstić information content (AvgIpc) is 3.19. The SMILES string of the molecule is C[C@@H]1C[C@H](C)CN(S(=O)(=O)c2csc(C(=O)NC(=N)OC(=N)c3ccc(F)cc3)c2)C1. The van der Waals surface area contributed by atoms with Crippen LogP contribution in [-0.2, 0) is 14.8 Å². The van der Waals surface area contributed by atoms with Crippen molar-refractivity contribution in [3.8, 4) is 0 Å². The number of amidine groups is 1. The summed E-state index contributed by atoms with van der Waals surface area (Å²) >= 11 is 0.944. The summed E-state index contributed by atoms with van der Waals surface area (Å²) in [6.07, 6.45) is 0.971. The van der Waals surface area contributed by atoms with Crippen molar-refractivity contribution in [3.63, 3.8) is 0 Å². The van der Waals surface area contributed by atoms with Crippen LogP contribution in [-0.4, -0.2) is 43.6 Å². The molecule has 1 fully saturated rings. The number of thiophene rings is 1. The molecule has 0 unspecified atom stereocenters. The fourth-order valence-electron chi connectivity index (χ4n) is 3.48. The highest BCUT2D eigenvalue weighted by atomic mass is 32.2. The second-order valence-corrected chi connectivity index (χ2v) is 10.5. The predicted molar refractivity (Wildman–Crippen MR) is 116 cm³/mol. The van der Waals surface area contributed by atoms with Crippen LogP contribution >= 0.6 is 11.3 Å². The number of amides is 1. The van der Waals surface area contributed by atoms with Gasteiger partial charge in [-0.05, 0) is 48.6 Å². The smallest absolute Gasteiger partial charge is 0.295 e. The minimum absolute atomic E-state index is 0.0375. The van der Waals surface area contributed by atoms with E-state index in [1.807, 2.05) is 13.8 Å². The lowest BCUT2D eigenvalue weighted by Crippen LogP contribution is -2.42. The van der Waals surface area contributed by atoms with E-state index in [0.717, 1.165) is 29.9 Å². The normalized spacial score (nSPS) is 19.6. The maximum atomic E-state index is 13.0. The number of nitrogens with one attached hydrogen (secondary N) is 3. The van der Waals surface area contributed by atoms with Gasteiger partial charge in [0.1, 0.15) is 5.82 Å². The van der Waals surface area contributed by atoms with E-state index in [0.29, 0.717) is 13.1 Å². The van der Waals surface area contributed by atoms with Crippen LogP contribution in [0.5, 0.6) is 0 Å². The molecule has 1 saturated heterocycles. The van der Waals surface area contributed by atoms with E-state index in [1.165, 1.54) is 27.9 Å². The van der Waals surface area contributed by atoms with Crippen molar-refractivity contribution in [1.82, 2.24) is 9.62 Å². The van der Waals surface area contributed by atoms with E-state index in [2.05, 4.69) is 5.32 Å². The number of sulfonamides is 1. The molecule has 0 aliphatic carbocycles. The Labute approximate surface area is 184 Å². The van der Waals surface area contributed by atoms with Crippen molar-refractivity contribution in [1.29, 1.82) is 10.8 Å². The summed E-state index contributed by atoms with van der Waals surface area (Å²) in [5.74, 6) is -1.11. The summed E-state index contributed by atoms with van der Waals surface area (Å²) in [7, 11) is -3.71. The Morgan fingerprint density at radius 3 is 2.42 bits per heavy atom. The summed E-state index contributed by atoms with van der Waals surface area (Å²) in [5.41, 5.74) is 0.231. The largest absolute Gasteiger partial charge is 0.407 e. The number of hydrogen-bond acceptors (Lipinski definition) is 7. The number of piperidine rings is 1. The average molecular weight is 467 g/mol. The van der Waals surface area contributed by atoms with Crippen LogP contribution in [0.15, 0.2) is 40.6 Å². The molecule has 2 atom stereocenters. The van der Waals surface area contributed by atoms with Crippen LogP contribution in [0, 0.1) is 28.5 Å². The van der Waals surface area contributed by atoms with Gasteiger partial charge in [-0.25, -0.2) is 12.8 Å². The molecule has 1 aromatic carbocycles. The summed E-state index contributed by atoms with van der Waals surface area (Å²) in [5, 5.41) is 19.1. The second-order valence-electron chi connectivity index (χ2n) is 7.64. The van der Waals surface area contributed by atoms with Gasteiger partial charge in [-0.1, -0.05) is 13.8 Å². The first kappa shape index (κ1) is 23.0. The number of nitrogens with zero attached hydrogens (tertiary/aromatic N) is 1. The Bertz CT molecular complexity index is 1090. The molecule has 1 aliphatic heterocycles. The third-order valence-electron chi connectivity index (χ3n) is 4.81. The fraction of sp³-hybridized carbons (Fsp3) is 0.350. The number of carbonyl (C=O) groups is 1. The molecule has 3 N–H and O–H groups in total. The molecule has 2 aromatic rings. The molecular formula is C20H23FN4O4S2. The molecule has 1 amide bonds. The van der Waals surface area contributed by atoms with E-state index in [1.54, 1.807) is 0 Å². The Morgan fingerprint density at radius 2 is 1.81 bits per heavy atom. The van der Waals surface area contributed by atoms with Crippen LogP contribution in [0.2, 0.25) is 0 Å². The van der Waals surface area contributed by atoms with E-state index in [-0.39, 0.29) is 27.2 Å². The zero-order chi connectivity index (χ0) is 22.8. The minimum Gasteiger partial charge on any atom is -0.407 e. The van der Waals surface area contributed by atoms with Gasteiger partial charge in [-0.2, -0.15) is 4.31 Å². The first-order valence-corrected chi connectivity index (χ1v) is 11.9. The summed E-state index contributed by atoms with van der Waals surface area (Å²) in [6.45, 7) is 4.90. The lowest BCUT2D eigenvalue weighted by atomic mass is 9.94. The van der Waals surface area contributed by atoms with Gasteiger partial charge in [0.25, 0.3) is 11.9 Å². The maximum absolute atomic E-state index is 13.0. The van der Waals surface area contributed by atoms with E-state index >= 15 is 0 Å². The van der Waals surface area contributed by atoms with Crippen molar-refractivity contribution >= 4 is 39.2 Å². The summed E-state index contributed by atoms with van der Waals surface area (Å²) in [4.78, 5) is 12.5. The Hall–Kier alpha value is -2.63. The van der Waals surface area contributed by atoms with E-state index in [4.69, 9.17) is 15.6 Å². The van der Waals surface area contributed by atoms with Crippen molar-refractivity contribution in [2.24, 2.45) is 11.8 Å². The Kier molecular flexibility index (Phi) is 6.87. The first-order valence-electron chi connectivity index (χ1n) is 9.57. The number of hydrogen-bond donors (Lipinski definition) is 3.